The lowest BCUT2D eigenvalue weighted by molar-refractivity contribution is 0.0841. The number of benzene rings is 1. The Balaban J connectivity index is 2.37. The number of rotatable bonds is 1. The van der Waals surface area contributed by atoms with Gasteiger partial charge in [-0.25, -0.2) is 4.79 Å². The lowest BCUT2D eigenvalue weighted by atomic mass is 9.89. The van der Waals surface area contributed by atoms with Crippen LogP contribution in [-0.4, -0.2) is 17.5 Å². The number of piperidine rings is 1. The van der Waals surface area contributed by atoms with E-state index in [9.17, 15) is 4.79 Å². The lowest BCUT2D eigenvalue weighted by Crippen LogP contribution is -2.59. The van der Waals surface area contributed by atoms with Gasteiger partial charge in [-0.05, 0) is 24.8 Å². The molecule has 1 aliphatic heterocycles. The van der Waals surface area contributed by atoms with Crippen LogP contribution in [0.5, 0.6) is 0 Å². The fraction of sp³-hybridized carbons (Fsp3) is 0.417. The number of amides is 2. The van der Waals surface area contributed by atoms with Gasteiger partial charge in [-0.3, -0.25) is 0 Å². The van der Waals surface area contributed by atoms with Crippen LogP contribution in [0.1, 0.15) is 24.8 Å². The van der Waals surface area contributed by atoms with Gasteiger partial charge < -0.3 is 16.4 Å². The summed E-state index contributed by atoms with van der Waals surface area (Å²) in [6.07, 6.45) is 2.75. The second-order valence-electron chi connectivity index (χ2n) is 4.24. The molecule has 1 fully saturated rings. The van der Waals surface area contributed by atoms with Gasteiger partial charge in [0.2, 0.25) is 0 Å². The van der Waals surface area contributed by atoms with Crippen LogP contribution in [0.15, 0.2) is 30.3 Å². The summed E-state index contributed by atoms with van der Waals surface area (Å²) < 4.78 is 0. The third kappa shape index (κ3) is 1.76. The normalized spacial score (nSPS) is 25.4. The Morgan fingerprint density at radius 1 is 1.25 bits per heavy atom. The van der Waals surface area contributed by atoms with E-state index in [1.807, 2.05) is 30.3 Å². The van der Waals surface area contributed by atoms with Gasteiger partial charge in [-0.15, -0.1) is 0 Å². The summed E-state index contributed by atoms with van der Waals surface area (Å²) in [7, 11) is 0. The number of nitrogens with zero attached hydrogens (tertiary/aromatic N) is 1. The van der Waals surface area contributed by atoms with E-state index in [-0.39, 0.29) is 0 Å². The van der Waals surface area contributed by atoms with E-state index in [0.29, 0.717) is 6.54 Å². The summed E-state index contributed by atoms with van der Waals surface area (Å²) in [5, 5.41) is 0. The molecule has 4 N–H and O–H groups in total. The second kappa shape index (κ2) is 4.14. The molecule has 0 aromatic heterocycles. The monoisotopic (exact) mass is 219 g/mol. The molecule has 1 saturated heterocycles. The van der Waals surface area contributed by atoms with E-state index >= 15 is 0 Å². The van der Waals surface area contributed by atoms with Crippen molar-refractivity contribution < 1.29 is 4.79 Å². The van der Waals surface area contributed by atoms with Gasteiger partial charge in [-0.1, -0.05) is 30.3 Å². The molecule has 0 aliphatic carbocycles. The highest BCUT2D eigenvalue weighted by Gasteiger charge is 2.38. The highest BCUT2D eigenvalue weighted by atomic mass is 16.2. The molecular weight excluding hydrogens is 202 g/mol. The summed E-state index contributed by atoms with van der Waals surface area (Å²) in [6, 6.07) is 9.24. The quantitative estimate of drug-likeness (QED) is 0.748. The maximum Gasteiger partial charge on any atom is 0.316 e. The molecule has 1 aromatic rings. The maximum absolute atomic E-state index is 11.4. The van der Waals surface area contributed by atoms with E-state index in [0.717, 1.165) is 24.8 Å². The van der Waals surface area contributed by atoms with Crippen LogP contribution in [0.25, 0.3) is 0 Å². The maximum atomic E-state index is 11.4. The van der Waals surface area contributed by atoms with Crippen LogP contribution in [-0.2, 0) is 5.66 Å². The molecule has 0 saturated carbocycles. The zero-order valence-corrected chi connectivity index (χ0v) is 9.23. The van der Waals surface area contributed by atoms with E-state index < -0.39 is 11.7 Å². The number of primary amides is 1. The van der Waals surface area contributed by atoms with Crippen molar-refractivity contribution in [1.82, 2.24) is 4.90 Å². The molecule has 1 atom stereocenters. The van der Waals surface area contributed by atoms with E-state index in [4.69, 9.17) is 11.5 Å². The van der Waals surface area contributed by atoms with Gasteiger partial charge in [0.15, 0.2) is 0 Å². The molecule has 4 heteroatoms. The van der Waals surface area contributed by atoms with Crippen LogP contribution in [0.2, 0.25) is 0 Å². The van der Waals surface area contributed by atoms with Gasteiger partial charge in [0.1, 0.15) is 5.66 Å². The number of carbonyl (C=O) groups is 1. The van der Waals surface area contributed by atoms with Crippen LogP contribution in [0, 0.1) is 0 Å². The standard InChI is InChI=1S/C12H17N3O/c13-11(16)15-9-5-4-8-12(15,14)10-6-2-1-3-7-10/h1-3,6-7H,4-5,8-9,14H2,(H2,13,16). The molecule has 0 radical (unpaired) electrons. The van der Waals surface area contributed by atoms with Crippen molar-refractivity contribution in [1.29, 1.82) is 0 Å². The molecular formula is C12H17N3O. The number of hydrogen-bond donors (Lipinski definition) is 2. The molecule has 1 heterocycles. The fourth-order valence-corrected chi connectivity index (χ4v) is 2.33. The zero-order chi connectivity index (χ0) is 11.6. The van der Waals surface area contributed by atoms with Crippen molar-refractivity contribution in [3.63, 3.8) is 0 Å². The first-order valence-electron chi connectivity index (χ1n) is 5.56. The first-order valence-corrected chi connectivity index (χ1v) is 5.56. The van der Waals surface area contributed by atoms with Gasteiger partial charge in [0, 0.05) is 6.54 Å². The van der Waals surface area contributed by atoms with Crippen molar-refractivity contribution in [2.45, 2.75) is 24.9 Å². The van der Waals surface area contributed by atoms with Gasteiger partial charge >= 0.3 is 6.03 Å². The Morgan fingerprint density at radius 2 is 1.94 bits per heavy atom. The first-order chi connectivity index (χ1) is 7.64. The van der Waals surface area contributed by atoms with Crippen molar-refractivity contribution in [3.8, 4) is 0 Å². The highest BCUT2D eigenvalue weighted by molar-refractivity contribution is 5.73. The molecule has 86 valence electrons. The molecule has 16 heavy (non-hydrogen) atoms. The minimum absolute atomic E-state index is 0.439. The Morgan fingerprint density at radius 3 is 2.56 bits per heavy atom. The smallest absolute Gasteiger partial charge is 0.316 e. The van der Waals surface area contributed by atoms with Crippen molar-refractivity contribution in [2.75, 3.05) is 6.54 Å². The highest BCUT2D eigenvalue weighted by Crippen LogP contribution is 2.32. The van der Waals surface area contributed by atoms with E-state index in [1.54, 1.807) is 4.90 Å². The molecule has 2 rings (SSSR count). The van der Waals surface area contributed by atoms with Crippen molar-refractivity contribution >= 4 is 6.03 Å². The van der Waals surface area contributed by atoms with Gasteiger partial charge in [-0.2, -0.15) is 0 Å². The minimum Gasteiger partial charge on any atom is -0.351 e. The molecule has 2 amide bonds. The predicted molar refractivity (Wildman–Crippen MR) is 62.4 cm³/mol. The van der Waals surface area contributed by atoms with Crippen molar-refractivity contribution in [2.24, 2.45) is 11.5 Å². The summed E-state index contributed by atoms with van der Waals surface area (Å²) in [4.78, 5) is 13.0. The minimum atomic E-state index is -0.731. The predicted octanol–water partition coefficient (Wildman–Crippen LogP) is 1.36. The third-order valence-corrected chi connectivity index (χ3v) is 3.21. The largest absolute Gasteiger partial charge is 0.351 e. The molecule has 1 aliphatic rings. The molecule has 0 bridgehead atoms. The molecule has 0 spiro atoms. The molecule has 4 nitrogen and oxygen atoms in total. The molecule has 1 unspecified atom stereocenters. The Kier molecular flexibility index (Phi) is 2.83. The number of nitrogens with two attached hydrogens (primary N) is 2. The Labute approximate surface area is 95.2 Å². The van der Waals surface area contributed by atoms with Crippen LogP contribution >= 0.6 is 0 Å². The lowest BCUT2D eigenvalue weighted by Gasteiger charge is -2.43. The van der Waals surface area contributed by atoms with Crippen LogP contribution < -0.4 is 11.5 Å². The van der Waals surface area contributed by atoms with Gasteiger partial charge in [0.05, 0.1) is 0 Å². The van der Waals surface area contributed by atoms with Gasteiger partial charge in [0.25, 0.3) is 0 Å². The Bertz CT molecular complexity index is 379. The van der Waals surface area contributed by atoms with Crippen LogP contribution in [0.4, 0.5) is 4.79 Å². The Hall–Kier alpha value is -1.55. The topological polar surface area (TPSA) is 72.4 Å². The fourth-order valence-electron chi connectivity index (χ4n) is 2.33. The summed E-state index contributed by atoms with van der Waals surface area (Å²) in [5.74, 6) is 0. The van der Waals surface area contributed by atoms with Crippen LogP contribution in [0.3, 0.4) is 0 Å². The number of likely N-dealkylation sites (tertiary alicyclic amines) is 1. The second-order valence-corrected chi connectivity index (χ2v) is 4.24. The summed E-state index contributed by atoms with van der Waals surface area (Å²) in [5.41, 5.74) is 12.0. The summed E-state index contributed by atoms with van der Waals surface area (Å²) >= 11 is 0. The first kappa shape index (κ1) is 11.0. The van der Waals surface area contributed by atoms with E-state index in [2.05, 4.69) is 0 Å². The number of carbonyl (C=O) groups excluding carboxylic acids is 1. The van der Waals surface area contributed by atoms with Crippen molar-refractivity contribution in [3.05, 3.63) is 35.9 Å². The third-order valence-electron chi connectivity index (χ3n) is 3.21. The summed E-state index contributed by atoms with van der Waals surface area (Å²) in [6.45, 7) is 0.640. The molecule has 1 aromatic carbocycles. The average molecular weight is 219 g/mol. The number of hydrogen-bond acceptors (Lipinski definition) is 2. The zero-order valence-electron chi connectivity index (χ0n) is 9.23. The average Bonchev–Trinajstić information content (AvgIpc) is 2.30. The number of urea groups is 1. The SMILES string of the molecule is NC(=O)N1CCCCC1(N)c1ccccc1. The van der Waals surface area contributed by atoms with E-state index in [1.165, 1.54) is 0 Å².